The van der Waals surface area contributed by atoms with Gasteiger partial charge in [-0.2, -0.15) is 0 Å². The van der Waals surface area contributed by atoms with Crippen LogP contribution in [-0.4, -0.2) is 13.2 Å². The standard InChI is InChI=1S/C17H28FNO/c1-4-6-7-8-12-20-15-9-10-16(17(18)13-15)14(3)19-11-5-2/h9-10,13-14,19H,4-8,11-12H2,1-3H3. The third-order valence-electron chi connectivity index (χ3n) is 3.41. The third kappa shape index (κ3) is 5.91. The lowest BCUT2D eigenvalue weighted by Gasteiger charge is -2.15. The molecule has 0 saturated carbocycles. The molecule has 0 heterocycles. The molecular weight excluding hydrogens is 253 g/mol. The van der Waals surface area contributed by atoms with Gasteiger partial charge in [-0.05, 0) is 32.4 Å². The zero-order valence-electron chi connectivity index (χ0n) is 13.0. The first kappa shape index (κ1) is 17.0. The molecule has 1 aromatic rings. The van der Waals surface area contributed by atoms with Gasteiger partial charge in [0.1, 0.15) is 11.6 Å². The van der Waals surface area contributed by atoms with Gasteiger partial charge < -0.3 is 10.1 Å². The SMILES string of the molecule is CCCCCCOc1ccc(C(C)NCCC)c(F)c1. The Morgan fingerprint density at radius 1 is 1.15 bits per heavy atom. The van der Waals surface area contributed by atoms with Crippen LogP contribution in [-0.2, 0) is 0 Å². The summed E-state index contributed by atoms with van der Waals surface area (Å²) >= 11 is 0. The summed E-state index contributed by atoms with van der Waals surface area (Å²) in [4.78, 5) is 0. The lowest BCUT2D eigenvalue weighted by atomic mass is 10.1. The number of unbranched alkanes of at least 4 members (excludes halogenated alkanes) is 3. The van der Waals surface area contributed by atoms with Crippen LogP contribution in [0.15, 0.2) is 18.2 Å². The third-order valence-corrected chi connectivity index (χ3v) is 3.41. The molecule has 0 radical (unpaired) electrons. The van der Waals surface area contributed by atoms with Crippen molar-refractivity contribution in [2.24, 2.45) is 0 Å². The molecule has 3 heteroatoms. The molecule has 0 aliphatic heterocycles. The highest BCUT2D eigenvalue weighted by molar-refractivity contribution is 5.30. The average Bonchev–Trinajstić information content (AvgIpc) is 2.44. The predicted octanol–water partition coefficient (Wildman–Crippen LogP) is 4.85. The first-order chi connectivity index (χ1) is 9.69. The first-order valence-electron chi connectivity index (χ1n) is 7.84. The van der Waals surface area contributed by atoms with Crippen molar-refractivity contribution in [3.63, 3.8) is 0 Å². The molecule has 0 amide bonds. The molecule has 1 aromatic carbocycles. The molecule has 1 rings (SSSR count). The van der Waals surface area contributed by atoms with Gasteiger partial charge in [-0.3, -0.25) is 0 Å². The summed E-state index contributed by atoms with van der Waals surface area (Å²) in [5.41, 5.74) is 0.705. The van der Waals surface area contributed by atoms with Gasteiger partial charge in [-0.1, -0.05) is 39.2 Å². The van der Waals surface area contributed by atoms with Gasteiger partial charge in [0, 0.05) is 17.7 Å². The summed E-state index contributed by atoms with van der Waals surface area (Å²) in [5, 5.41) is 3.29. The zero-order valence-corrected chi connectivity index (χ0v) is 13.0. The lowest BCUT2D eigenvalue weighted by Crippen LogP contribution is -2.20. The van der Waals surface area contributed by atoms with Crippen molar-refractivity contribution in [1.82, 2.24) is 5.32 Å². The van der Waals surface area contributed by atoms with Gasteiger partial charge in [0.2, 0.25) is 0 Å². The molecule has 1 N–H and O–H groups in total. The van der Waals surface area contributed by atoms with E-state index in [0.717, 1.165) is 19.4 Å². The van der Waals surface area contributed by atoms with Crippen LogP contribution in [0.2, 0.25) is 0 Å². The molecule has 0 aromatic heterocycles. The van der Waals surface area contributed by atoms with Crippen LogP contribution in [0.25, 0.3) is 0 Å². The van der Waals surface area contributed by atoms with Crippen LogP contribution in [0.4, 0.5) is 4.39 Å². The predicted molar refractivity (Wildman–Crippen MR) is 82.7 cm³/mol. The van der Waals surface area contributed by atoms with Crippen molar-refractivity contribution < 1.29 is 9.13 Å². The van der Waals surface area contributed by atoms with E-state index >= 15 is 0 Å². The summed E-state index contributed by atoms with van der Waals surface area (Å²) in [7, 11) is 0. The van der Waals surface area contributed by atoms with Crippen LogP contribution in [0, 0.1) is 5.82 Å². The quantitative estimate of drug-likeness (QED) is 0.619. The van der Waals surface area contributed by atoms with Crippen LogP contribution >= 0.6 is 0 Å². The summed E-state index contributed by atoms with van der Waals surface area (Å²) in [6.07, 6.45) is 5.70. The minimum Gasteiger partial charge on any atom is -0.493 e. The van der Waals surface area contributed by atoms with E-state index in [4.69, 9.17) is 4.74 Å². The molecule has 2 nitrogen and oxygen atoms in total. The Morgan fingerprint density at radius 2 is 1.95 bits per heavy atom. The van der Waals surface area contributed by atoms with Crippen LogP contribution < -0.4 is 10.1 Å². The maximum absolute atomic E-state index is 14.0. The Bertz CT molecular complexity index is 381. The second-order valence-electron chi connectivity index (χ2n) is 5.27. The van der Waals surface area contributed by atoms with Crippen LogP contribution in [0.1, 0.15) is 64.5 Å². The molecule has 0 bridgehead atoms. The van der Waals surface area contributed by atoms with E-state index in [-0.39, 0.29) is 11.9 Å². The molecule has 20 heavy (non-hydrogen) atoms. The fourth-order valence-corrected chi connectivity index (χ4v) is 2.14. The highest BCUT2D eigenvalue weighted by Gasteiger charge is 2.11. The van der Waals surface area contributed by atoms with Gasteiger partial charge in [-0.25, -0.2) is 4.39 Å². The second kappa shape index (κ2) is 9.76. The Labute approximate surface area is 122 Å². The number of hydrogen-bond acceptors (Lipinski definition) is 2. The minimum atomic E-state index is -0.188. The molecule has 1 atom stereocenters. The highest BCUT2D eigenvalue weighted by Crippen LogP contribution is 2.22. The van der Waals surface area contributed by atoms with Crippen molar-refractivity contribution in [2.45, 2.75) is 58.9 Å². The molecule has 0 aliphatic rings. The summed E-state index contributed by atoms with van der Waals surface area (Å²) in [6.45, 7) is 7.84. The maximum Gasteiger partial charge on any atom is 0.131 e. The Morgan fingerprint density at radius 3 is 2.60 bits per heavy atom. The Kier molecular flexibility index (Phi) is 8.28. The van der Waals surface area contributed by atoms with Crippen molar-refractivity contribution in [1.29, 1.82) is 0 Å². The van der Waals surface area contributed by atoms with Crippen LogP contribution in [0.5, 0.6) is 5.75 Å². The molecule has 1 unspecified atom stereocenters. The van der Waals surface area contributed by atoms with Gasteiger partial charge in [0.25, 0.3) is 0 Å². The minimum absolute atomic E-state index is 0.0357. The Balaban J connectivity index is 2.46. The number of ether oxygens (including phenoxy) is 1. The van der Waals surface area contributed by atoms with E-state index in [1.807, 2.05) is 19.1 Å². The lowest BCUT2D eigenvalue weighted by molar-refractivity contribution is 0.303. The molecule has 114 valence electrons. The van der Waals surface area contributed by atoms with Gasteiger partial charge in [0.05, 0.1) is 6.61 Å². The van der Waals surface area contributed by atoms with Crippen molar-refractivity contribution in [3.05, 3.63) is 29.6 Å². The monoisotopic (exact) mass is 281 g/mol. The number of hydrogen-bond donors (Lipinski definition) is 1. The van der Waals surface area contributed by atoms with Crippen LogP contribution in [0.3, 0.4) is 0 Å². The molecular formula is C17H28FNO. The van der Waals surface area contributed by atoms with E-state index < -0.39 is 0 Å². The summed E-state index contributed by atoms with van der Waals surface area (Å²) < 4.78 is 19.6. The van der Waals surface area contributed by atoms with Gasteiger partial charge in [-0.15, -0.1) is 0 Å². The Hall–Kier alpha value is -1.09. The van der Waals surface area contributed by atoms with Gasteiger partial charge in [0.15, 0.2) is 0 Å². The summed E-state index contributed by atoms with van der Waals surface area (Å²) in [6, 6.07) is 5.22. The topological polar surface area (TPSA) is 21.3 Å². The maximum atomic E-state index is 14.0. The number of rotatable bonds is 10. The molecule has 0 aliphatic carbocycles. The largest absolute Gasteiger partial charge is 0.493 e. The van der Waals surface area contributed by atoms with E-state index in [2.05, 4.69) is 19.2 Å². The second-order valence-corrected chi connectivity index (χ2v) is 5.27. The number of nitrogens with one attached hydrogen (secondary N) is 1. The van der Waals surface area contributed by atoms with E-state index in [1.165, 1.54) is 25.3 Å². The fourth-order valence-electron chi connectivity index (χ4n) is 2.14. The molecule has 0 fully saturated rings. The first-order valence-corrected chi connectivity index (χ1v) is 7.84. The van der Waals surface area contributed by atoms with Crippen molar-refractivity contribution in [3.8, 4) is 5.75 Å². The van der Waals surface area contributed by atoms with E-state index in [0.29, 0.717) is 17.9 Å². The van der Waals surface area contributed by atoms with E-state index in [9.17, 15) is 4.39 Å². The smallest absolute Gasteiger partial charge is 0.131 e. The number of benzene rings is 1. The molecule has 0 spiro atoms. The normalized spacial score (nSPS) is 12.4. The summed E-state index contributed by atoms with van der Waals surface area (Å²) in [5.74, 6) is 0.442. The fraction of sp³-hybridized carbons (Fsp3) is 0.647. The van der Waals surface area contributed by atoms with E-state index in [1.54, 1.807) is 0 Å². The highest BCUT2D eigenvalue weighted by atomic mass is 19.1. The van der Waals surface area contributed by atoms with Crippen molar-refractivity contribution >= 4 is 0 Å². The van der Waals surface area contributed by atoms with Crippen molar-refractivity contribution in [2.75, 3.05) is 13.2 Å². The van der Waals surface area contributed by atoms with Gasteiger partial charge >= 0.3 is 0 Å². The molecule has 0 saturated heterocycles. The average molecular weight is 281 g/mol. The zero-order chi connectivity index (χ0) is 14.8. The number of halogens is 1.